The molecule has 1 aromatic rings. The van der Waals surface area contributed by atoms with Crippen molar-refractivity contribution in [3.8, 4) is 5.75 Å². The number of benzene rings is 1. The van der Waals surface area contributed by atoms with E-state index in [4.69, 9.17) is 4.74 Å². The molecule has 2 unspecified atom stereocenters. The SMILES string of the molecule is CCCOc1ccc(S(=O)(=O)N2CCC(C)C(O)C2)cc1. The molecule has 0 amide bonds. The summed E-state index contributed by atoms with van der Waals surface area (Å²) in [6.45, 7) is 5.19. The van der Waals surface area contributed by atoms with Gasteiger partial charge in [0.1, 0.15) is 5.75 Å². The third-order valence-corrected chi connectivity index (χ3v) is 5.70. The molecule has 1 heterocycles. The second kappa shape index (κ2) is 6.77. The first-order chi connectivity index (χ1) is 9.95. The minimum atomic E-state index is -3.54. The van der Waals surface area contributed by atoms with Gasteiger partial charge in [0.05, 0.1) is 17.6 Å². The quantitative estimate of drug-likeness (QED) is 0.901. The topological polar surface area (TPSA) is 66.8 Å². The van der Waals surface area contributed by atoms with E-state index in [0.717, 1.165) is 6.42 Å². The number of aliphatic hydroxyl groups excluding tert-OH is 1. The van der Waals surface area contributed by atoms with Gasteiger partial charge in [0, 0.05) is 13.1 Å². The molecule has 1 aliphatic rings. The highest BCUT2D eigenvalue weighted by atomic mass is 32.2. The molecule has 5 nitrogen and oxygen atoms in total. The lowest BCUT2D eigenvalue weighted by Gasteiger charge is -2.33. The fourth-order valence-corrected chi connectivity index (χ4v) is 3.79. The van der Waals surface area contributed by atoms with Crippen LogP contribution in [0, 0.1) is 5.92 Å². The normalized spacial score (nSPS) is 24.0. The maximum absolute atomic E-state index is 12.5. The zero-order valence-electron chi connectivity index (χ0n) is 12.5. The number of rotatable bonds is 5. The molecular weight excluding hydrogens is 290 g/mol. The molecule has 0 aliphatic carbocycles. The number of piperidine rings is 1. The molecule has 1 aliphatic heterocycles. The van der Waals surface area contributed by atoms with Crippen LogP contribution in [0.4, 0.5) is 0 Å². The molecule has 2 atom stereocenters. The number of hydrogen-bond acceptors (Lipinski definition) is 4. The molecule has 1 fully saturated rings. The largest absolute Gasteiger partial charge is 0.494 e. The van der Waals surface area contributed by atoms with Crippen molar-refractivity contribution in [2.45, 2.75) is 37.7 Å². The fraction of sp³-hybridized carbons (Fsp3) is 0.600. The zero-order valence-corrected chi connectivity index (χ0v) is 13.3. The summed E-state index contributed by atoms with van der Waals surface area (Å²) in [6, 6.07) is 6.46. The van der Waals surface area contributed by atoms with E-state index < -0.39 is 16.1 Å². The van der Waals surface area contributed by atoms with Crippen molar-refractivity contribution in [2.24, 2.45) is 5.92 Å². The van der Waals surface area contributed by atoms with Crippen molar-refractivity contribution in [1.82, 2.24) is 4.31 Å². The maximum atomic E-state index is 12.5. The van der Waals surface area contributed by atoms with Gasteiger partial charge in [0.2, 0.25) is 10.0 Å². The van der Waals surface area contributed by atoms with Crippen LogP contribution >= 0.6 is 0 Å². The minimum Gasteiger partial charge on any atom is -0.494 e. The summed E-state index contributed by atoms with van der Waals surface area (Å²) in [5, 5.41) is 9.87. The molecule has 1 N–H and O–H groups in total. The Kier molecular flexibility index (Phi) is 5.24. The average Bonchev–Trinajstić information content (AvgIpc) is 2.48. The van der Waals surface area contributed by atoms with Gasteiger partial charge in [-0.2, -0.15) is 4.31 Å². The number of ether oxygens (including phenoxy) is 1. The first kappa shape index (κ1) is 16.3. The van der Waals surface area contributed by atoms with E-state index in [1.807, 2.05) is 13.8 Å². The Balaban J connectivity index is 2.12. The highest BCUT2D eigenvalue weighted by molar-refractivity contribution is 7.89. The summed E-state index contributed by atoms with van der Waals surface area (Å²) < 4.78 is 31.9. The van der Waals surface area contributed by atoms with Crippen LogP contribution in [0.1, 0.15) is 26.7 Å². The molecule has 1 aromatic carbocycles. The fourth-order valence-electron chi connectivity index (χ4n) is 2.32. The molecule has 21 heavy (non-hydrogen) atoms. The van der Waals surface area contributed by atoms with Crippen LogP contribution < -0.4 is 4.74 Å². The molecule has 6 heteroatoms. The summed E-state index contributed by atoms with van der Waals surface area (Å²) in [5.41, 5.74) is 0. The number of hydrogen-bond donors (Lipinski definition) is 1. The highest BCUT2D eigenvalue weighted by Gasteiger charge is 2.32. The van der Waals surface area contributed by atoms with Gasteiger partial charge in [-0.3, -0.25) is 0 Å². The Bertz CT molecular complexity index is 556. The van der Waals surface area contributed by atoms with Crippen LogP contribution in [0.5, 0.6) is 5.75 Å². The van der Waals surface area contributed by atoms with Crippen molar-refractivity contribution in [1.29, 1.82) is 0 Å². The lowest BCUT2D eigenvalue weighted by atomic mass is 9.98. The molecule has 2 rings (SSSR count). The zero-order chi connectivity index (χ0) is 15.5. The lowest BCUT2D eigenvalue weighted by Crippen LogP contribution is -2.45. The first-order valence-electron chi connectivity index (χ1n) is 7.36. The van der Waals surface area contributed by atoms with E-state index in [1.165, 1.54) is 4.31 Å². The third-order valence-electron chi connectivity index (χ3n) is 3.82. The predicted molar refractivity (Wildman–Crippen MR) is 80.8 cm³/mol. The van der Waals surface area contributed by atoms with Crippen LogP contribution in [0.25, 0.3) is 0 Å². The molecule has 0 radical (unpaired) electrons. The first-order valence-corrected chi connectivity index (χ1v) is 8.80. The van der Waals surface area contributed by atoms with Gasteiger partial charge in [-0.1, -0.05) is 13.8 Å². The van der Waals surface area contributed by atoms with Gasteiger partial charge < -0.3 is 9.84 Å². The lowest BCUT2D eigenvalue weighted by molar-refractivity contribution is 0.0605. The van der Waals surface area contributed by atoms with Gasteiger partial charge in [-0.25, -0.2) is 8.42 Å². The summed E-state index contributed by atoms with van der Waals surface area (Å²) in [5.74, 6) is 0.810. The summed E-state index contributed by atoms with van der Waals surface area (Å²) >= 11 is 0. The number of sulfonamides is 1. The van der Waals surface area contributed by atoms with Crippen LogP contribution in [0.2, 0.25) is 0 Å². The smallest absolute Gasteiger partial charge is 0.243 e. The summed E-state index contributed by atoms with van der Waals surface area (Å²) in [7, 11) is -3.54. The number of β-amino-alcohol motifs (C(OH)–C–C–N with tert-alkyl or cyclic N) is 1. The average molecular weight is 313 g/mol. The van der Waals surface area contributed by atoms with Crippen molar-refractivity contribution in [3.63, 3.8) is 0 Å². The van der Waals surface area contributed by atoms with Crippen LogP contribution in [0.15, 0.2) is 29.2 Å². The standard InChI is InChI=1S/C15H23NO4S/c1-3-10-20-13-4-6-14(7-5-13)21(18,19)16-9-8-12(2)15(17)11-16/h4-7,12,15,17H,3,8-11H2,1-2H3. The van der Waals surface area contributed by atoms with Gasteiger partial charge in [0.15, 0.2) is 0 Å². The van der Waals surface area contributed by atoms with E-state index in [1.54, 1.807) is 24.3 Å². The van der Waals surface area contributed by atoms with Crippen LogP contribution in [-0.4, -0.2) is 43.6 Å². The Morgan fingerprint density at radius 2 is 2.00 bits per heavy atom. The van der Waals surface area contributed by atoms with Crippen LogP contribution in [0.3, 0.4) is 0 Å². The van der Waals surface area contributed by atoms with Crippen molar-refractivity contribution >= 4 is 10.0 Å². The Labute approximate surface area is 126 Å². The minimum absolute atomic E-state index is 0.140. The maximum Gasteiger partial charge on any atom is 0.243 e. The van der Waals surface area contributed by atoms with E-state index in [9.17, 15) is 13.5 Å². The van der Waals surface area contributed by atoms with Gasteiger partial charge in [-0.15, -0.1) is 0 Å². The van der Waals surface area contributed by atoms with E-state index in [0.29, 0.717) is 25.3 Å². The molecule has 0 spiro atoms. The number of aliphatic hydroxyl groups is 1. The van der Waals surface area contributed by atoms with Crippen LogP contribution in [-0.2, 0) is 10.0 Å². The van der Waals surface area contributed by atoms with Crippen molar-refractivity contribution in [3.05, 3.63) is 24.3 Å². The van der Waals surface area contributed by atoms with Crippen molar-refractivity contribution in [2.75, 3.05) is 19.7 Å². The summed E-state index contributed by atoms with van der Waals surface area (Å²) in [4.78, 5) is 0.244. The Morgan fingerprint density at radius 1 is 1.33 bits per heavy atom. The predicted octanol–water partition coefficient (Wildman–Crippen LogP) is 1.87. The van der Waals surface area contributed by atoms with E-state index in [-0.39, 0.29) is 17.4 Å². The van der Waals surface area contributed by atoms with Gasteiger partial charge in [-0.05, 0) is 43.0 Å². The molecule has 1 saturated heterocycles. The highest BCUT2D eigenvalue weighted by Crippen LogP contribution is 2.25. The third kappa shape index (κ3) is 3.75. The van der Waals surface area contributed by atoms with E-state index in [2.05, 4.69) is 0 Å². The van der Waals surface area contributed by atoms with Crippen molar-refractivity contribution < 1.29 is 18.3 Å². The molecular formula is C15H23NO4S. The molecule has 0 bridgehead atoms. The molecule has 0 aromatic heterocycles. The Hall–Kier alpha value is -1.11. The molecule has 0 saturated carbocycles. The van der Waals surface area contributed by atoms with Gasteiger partial charge >= 0.3 is 0 Å². The number of nitrogens with zero attached hydrogens (tertiary/aromatic N) is 1. The Morgan fingerprint density at radius 3 is 2.57 bits per heavy atom. The molecule has 118 valence electrons. The second-order valence-electron chi connectivity index (χ2n) is 5.52. The van der Waals surface area contributed by atoms with Gasteiger partial charge in [0.25, 0.3) is 0 Å². The monoisotopic (exact) mass is 313 g/mol. The summed E-state index contributed by atoms with van der Waals surface area (Å²) in [6.07, 6.45) is 0.989. The van der Waals surface area contributed by atoms with E-state index >= 15 is 0 Å². The second-order valence-corrected chi connectivity index (χ2v) is 7.45.